The Balaban J connectivity index is 1.70. The van der Waals surface area contributed by atoms with Crippen LogP contribution in [0.1, 0.15) is 0 Å². The van der Waals surface area contributed by atoms with Gasteiger partial charge in [-0.15, -0.1) is 0 Å². The predicted molar refractivity (Wildman–Crippen MR) is 73.7 cm³/mol. The third-order valence-electron chi connectivity index (χ3n) is 3.75. The molecule has 1 aromatic carbocycles. The van der Waals surface area contributed by atoms with Crippen LogP contribution in [-0.2, 0) is 0 Å². The van der Waals surface area contributed by atoms with Gasteiger partial charge in [0, 0.05) is 45.3 Å². The summed E-state index contributed by atoms with van der Waals surface area (Å²) in [5.41, 5.74) is 0.584. The first-order valence-electron chi connectivity index (χ1n) is 7.01. The van der Waals surface area contributed by atoms with Gasteiger partial charge in [-0.2, -0.15) is 0 Å². The van der Waals surface area contributed by atoms with Crippen molar-refractivity contribution in [2.45, 2.75) is 12.3 Å². The van der Waals surface area contributed by atoms with E-state index in [4.69, 9.17) is 4.74 Å². The highest BCUT2D eigenvalue weighted by Crippen LogP contribution is 2.26. The fraction of sp³-hybridized carbons (Fsp3) is 0.571. The summed E-state index contributed by atoms with van der Waals surface area (Å²) < 4.78 is 33.1. The standard InChI is InChI=1S/C14H19F2N3O/c15-11-7-10(20-14-9-18-8-12(14)16)1-2-13(11)19-5-3-17-4-6-19/h1-2,7,12,14,17-18H,3-6,8-9H2/t12-,14-/m0/s1. The van der Waals surface area contributed by atoms with Crippen molar-refractivity contribution < 1.29 is 13.5 Å². The van der Waals surface area contributed by atoms with Gasteiger partial charge >= 0.3 is 0 Å². The Kier molecular flexibility index (Phi) is 4.03. The van der Waals surface area contributed by atoms with Gasteiger partial charge in [-0.05, 0) is 12.1 Å². The Morgan fingerprint density at radius 3 is 2.60 bits per heavy atom. The maximum absolute atomic E-state index is 14.2. The summed E-state index contributed by atoms with van der Waals surface area (Å²) in [4.78, 5) is 2.00. The second-order valence-corrected chi connectivity index (χ2v) is 5.18. The predicted octanol–water partition coefficient (Wildman–Crippen LogP) is 0.924. The molecule has 20 heavy (non-hydrogen) atoms. The van der Waals surface area contributed by atoms with Crippen LogP contribution in [0, 0.1) is 5.82 Å². The summed E-state index contributed by atoms with van der Waals surface area (Å²) >= 11 is 0. The number of nitrogens with one attached hydrogen (secondary N) is 2. The summed E-state index contributed by atoms with van der Waals surface area (Å²) in [5, 5.41) is 6.14. The van der Waals surface area contributed by atoms with Crippen LogP contribution in [0.2, 0.25) is 0 Å². The Hall–Kier alpha value is -1.40. The molecule has 0 aliphatic carbocycles. The normalized spacial score (nSPS) is 26.8. The molecule has 4 nitrogen and oxygen atoms in total. The van der Waals surface area contributed by atoms with Crippen LogP contribution in [-0.4, -0.2) is 51.5 Å². The van der Waals surface area contributed by atoms with Gasteiger partial charge < -0.3 is 20.3 Å². The first-order valence-corrected chi connectivity index (χ1v) is 7.01. The fourth-order valence-electron chi connectivity index (χ4n) is 2.64. The van der Waals surface area contributed by atoms with Crippen molar-refractivity contribution in [1.29, 1.82) is 0 Å². The molecule has 2 aliphatic heterocycles. The van der Waals surface area contributed by atoms with Crippen molar-refractivity contribution in [3.63, 3.8) is 0 Å². The molecule has 0 spiro atoms. The van der Waals surface area contributed by atoms with Crippen LogP contribution in [0.15, 0.2) is 18.2 Å². The molecule has 2 fully saturated rings. The highest BCUT2D eigenvalue weighted by atomic mass is 19.1. The molecule has 2 atom stereocenters. The molecule has 2 heterocycles. The van der Waals surface area contributed by atoms with E-state index in [-0.39, 0.29) is 5.82 Å². The summed E-state index contributed by atoms with van der Waals surface area (Å²) in [6.45, 7) is 4.05. The first-order chi connectivity index (χ1) is 9.74. The minimum Gasteiger partial charge on any atom is -0.486 e. The van der Waals surface area contributed by atoms with Gasteiger partial charge in [0.1, 0.15) is 17.7 Å². The fourth-order valence-corrected chi connectivity index (χ4v) is 2.64. The van der Waals surface area contributed by atoms with Gasteiger partial charge in [-0.3, -0.25) is 0 Å². The third-order valence-corrected chi connectivity index (χ3v) is 3.75. The molecule has 0 amide bonds. The maximum atomic E-state index is 14.2. The largest absolute Gasteiger partial charge is 0.486 e. The first kappa shape index (κ1) is 13.6. The van der Waals surface area contributed by atoms with E-state index in [9.17, 15) is 8.78 Å². The number of anilines is 1. The monoisotopic (exact) mass is 283 g/mol. The minimum absolute atomic E-state index is 0.298. The summed E-state index contributed by atoms with van der Waals surface area (Å²) in [7, 11) is 0. The van der Waals surface area contributed by atoms with Crippen molar-refractivity contribution in [2.24, 2.45) is 0 Å². The second-order valence-electron chi connectivity index (χ2n) is 5.18. The Morgan fingerprint density at radius 2 is 1.95 bits per heavy atom. The second kappa shape index (κ2) is 5.93. The van der Waals surface area contributed by atoms with Crippen LogP contribution in [0.25, 0.3) is 0 Å². The average Bonchev–Trinajstić information content (AvgIpc) is 2.85. The molecule has 0 unspecified atom stereocenters. The summed E-state index contributed by atoms with van der Waals surface area (Å²) in [6, 6.07) is 4.78. The van der Waals surface area contributed by atoms with E-state index in [0.29, 0.717) is 24.5 Å². The lowest BCUT2D eigenvalue weighted by Crippen LogP contribution is -2.43. The van der Waals surface area contributed by atoms with E-state index in [1.807, 2.05) is 4.90 Å². The molecular formula is C14H19F2N3O. The van der Waals surface area contributed by atoms with Gasteiger partial charge in [0.15, 0.2) is 6.17 Å². The Bertz CT molecular complexity index is 466. The number of benzene rings is 1. The average molecular weight is 283 g/mol. The van der Waals surface area contributed by atoms with Crippen LogP contribution in [0.3, 0.4) is 0 Å². The van der Waals surface area contributed by atoms with Gasteiger partial charge in [0.25, 0.3) is 0 Å². The molecule has 3 rings (SSSR count). The van der Waals surface area contributed by atoms with Crippen molar-refractivity contribution in [3.05, 3.63) is 24.0 Å². The lowest BCUT2D eigenvalue weighted by molar-refractivity contribution is 0.139. The number of ether oxygens (including phenoxy) is 1. The Morgan fingerprint density at radius 1 is 1.15 bits per heavy atom. The van der Waals surface area contributed by atoms with Crippen LogP contribution in [0.5, 0.6) is 5.75 Å². The highest BCUT2D eigenvalue weighted by molar-refractivity contribution is 5.51. The van der Waals surface area contributed by atoms with Crippen molar-refractivity contribution >= 4 is 5.69 Å². The van der Waals surface area contributed by atoms with Crippen molar-refractivity contribution in [3.8, 4) is 5.75 Å². The third kappa shape index (κ3) is 2.86. The molecular weight excluding hydrogens is 264 g/mol. The van der Waals surface area contributed by atoms with E-state index in [2.05, 4.69) is 10.6 Å². The molecule has 110 valence electrons. The zero-order valence-corrected chi connectivity index (χ0v) is 11.2. The molecule has 2 saturated heterocycles. The SMILES string of the molecule is Fc1cc(O[C@H]2CNC[C@@H]2F)ccc1N1CCNCC1. The Labute approximate surface area is 117 Å². The lowest BCUT2D eigenvalue weighted by atomic mass is 10.2. The lowest BCUT2D eigenvalue weighted by Gasteiger charge is -2.29. The van der Waals surface area contributed by atoms with Gasteiger partial charge in [0.2, 0.25) is 0 Å². The van der Waals surface area contributed by atoms with E-state index < -0.39 is 12.3 Å². The van der Waals surface area contributed by atoms with Crippen molar-refractivity contribution in [1.82, 2.24) is 10.6 Å². The highest BCUT2D eigenvalue weighted by Gasteiger charge is 2.28. The number of hydrogen-bond donors (Lipinski definition) is 2. The van der Waals surface area contributed by atoms with E-state index in [0.717, 1.165) is 26.2 Å². The molecule has 6 heteroatoms. The van der Waals surface area contributed by atoms with Crippen LogP contribution < -0.4 is 20.3 Å². The van der Waals surface area contributed by atoms with Gasteiger partial charge in [-0.25, -0.2) is 8.78 Å². The number of halogens is 2. The van der Waals surface area contributed by atoms with E-state index >= 15 is 0 Å². The van der Waals surface area contributed by atoms with E-state index in [1.165, 1.54) is 6.07 Å². The topological polar surface area (TPSA) is 36.5 Å². The molecule has 0 radical (unpaired) electrons. The number of piperazine rings is 1. The van der Waals surface area contributed by atoms with Gasteiger partial charge in [0.05, 0.1) is 5.69 Å². The molecule has 1 aromatic rings. The molecule has 0 aromatic heterocycles. The molecule has 2 N–H and O–H groups in total. The number of nitrogens with zero attached hydrogens (tertiary/aromatic N) is 1. The number of rotatable bonds is 3. The zero-order chi connectivity index (χ0) is 13.9. The molecule has 0 bridgehead atoms. The van der Waals surface area contributed by atoms with Crippen LogP contribution >= 0.6 is 0 Å². The van der Waals surface area contributed by atoms with Crippen LogP contribution in [0.4, 0.5) is 14.5 Å². The smallest absolute Gasteiger partial charge is 0.150 e. The zero-order valence-electron chi connectivity index (χ0n) is 11.2. The minimum atomic E-state index is -1.04. The summed E-state index contributed by atoms with van der Waals surface area (Å²) in [6.07, 6.45) is -1.56. The molecule has 0 saturated carbocycles. The van der Waals surface area contributed by atoms with E-state index in [1.54, 1.807) is 12.1 Å². The number of alkyl halides is 1. The number of hydrogen-bond acceptors (Lipinski definition) is 4. The maximum Gasteiger partial charge on any atom is 0.150 e. The quantitative estimate of drug-likeness (QED) is 0.865. The summed E-state index contributed by atoms with van der Waals surface area (Å²) in [5.74, 6) is 0.0727. The van der Waals surface area contributed by atoms with Gasteiger partial charge in [-0.1, -0.05) is 0 Å². The van der Waals surface area contributed by atoms with Crippen molar-refractivity contribution in [2.75, 3.05) is 44.2 Å². The molecule has 2 aliphatic rings.